The van der Waals surface area contributed by atoms with Crippen LogP contribution in [0.15, 0.2) is 12.3 Å². The van der Waals surface area contributed by atoms with Gasteiger partial charge in [0, 0.05) is 17.3 Å². The Hall–Kier alpha value is -2.02. The first-order valence-electron chi connectivity index (χ1n) is 6.46. The molecule has 3 rings (SSSR count). The van der Waals surface area contributed by atoms with E-state index < -0.39 is 0 Å². The lowest BCUT2D eigenvalue weighted by Crippen LogP contribution is -2.38. The van der Waals surface area contributed by atoms with E-state index in [1.807, 2.05) is 6.92 Å². The normalized spacial score (nSPS) is 17.6. The second-order valence-electron chi connectivity index (χ2n) is 4.92. The molecule has 2 aromatic heterocycles. The molecule has 2 aromatic rings. The molecule has 1 amide bonds. The molecular weight excluding hydrogens is 274 g/mol. The molecule has 1 aliphatic carbocycles. The quantitative estimate of drug-likeness (QED) is 0.863. The van der Waals surface area contributed by atoms with Crippen LogP contribution in [0.1, 0.15) is 33.0 Å². The summed E-state index contributed by atoms with van der Waals surface area (Å²) in [5.41, 5.74) is 8.08. The van der Waals surface area contributed by atoms with E-state index in [0.29, 0.717) is 10.7 Å². The maximum atomic E-state index is 12.2. The van der Waals surface area contributed by atoms with Crippen molar-refractivity contribution in [3.8, 4) is 0 Å². The predicted molar refractivity (Wildman–Crippen MR) is 76.6 cm³/mol. The lowest BCUT2D eigenvalue weighted by Gasteiger charge is -2.22. The summed E-state index contributed by atoms with van der Waals surface area (Å²) in [4.78, 5) is 17.6. The van der Waals surface area contributed by atoms with Crippen molar-refractivity contribution in [2.45, 2.75) is 32.2 Å². The number of hydrogen-bond donors (Lipinski definition) is 2. The third kappa shape index (κ3) is 2.62. The molecule has 0 radical (unpaired) electrons. The van der Waals surface area contributed by atoms with E-state index in [0.717, 1.165) is 30.7 Å². The van der Waals surface area contributed by atoms with Crippen LogP contribution in [-0.2, 0) is 12.8 Å². The summed E-state index contributed by atoms with van der Waals surface area (Å²) in [7, 11) is 0. The number of nitrogens with two attached hydrogens (primary N) is 1. The van der Waals surface area contributed by atoms with E-state index in [4.69, 9.17) is 5.73 Å². The smallest absolute Gasteiger partial charge is 0.253 e. The van der Waals surface area contributed by atoms with Crippen LogP contribution in [-0.4, -0.2) is 27.1 Å². The van der Waals surface area contributed by atoms with Gasteiger partial charge in [-0.05, 0) is 25.8 Å². The van der Waals surface area contributed by atoms with E-state index in [-0.39, 0.29) is 11.9 Å². The van der Waals surface area contributed by atoms with Crippen molar-refractivity contribution in [1.29, 1.82) is 0 Å². The highest BCUT2D eigenvalue weighted by Crippen LogP contribution is 2.28. The number of thiazole rings is 1. The molecule has 1 aliphatic rings. The van der Waals surface area contributed by atoms with Crippen molar-refractivity contribution in [2.24, 2.45) is 0 Å². The highest BCUT2D eigenvalue weighted by Gasteiger charge is 2.23. The van der Waals surface area contributed by atoms with Crippen LogP contribution in [0.3, 0.4) is 0 Å². The third-order valence-electron chi connectivity index (χ3n) is 3.33. The molecular formula is C13H15N5OS. The van der Waals surface area contributed by atoms with Gasteiger partial charge in [-0.3, -0.25) is 4.79 Å². The summed E-state index contributed by atoms with van der Waals surface area (Å²) < 4.78 is 0. The van der Waals surface area contributed by atoms with Gasteiger partial charge < -0.3 is 11.1 Å². The summed E-state index contributed by atoms with van der Waals surface area (Å²) in [6.45, 7) is 1.82. The Balaban J connectivity index is 1.69. The second kappa shape index (κ2) is 5.16. The van der Waals surface area contributed by atoms with Gasteiger partial charge in [-0.25, -0.2) is 4.98 Å². The van der Waals surface area contributed by atoms with Crippen molar-refractivity contribution in [3.05, 3.63) is 34.1 Å². The topological polar surface area (TPSA) is 93.8 Å². The number of nitrogen functional groups attached to an aromatic ring is 1. The molecule has 0 aromatic carbocycles. The van der Waals surface area contributed by atoms with Gasteiger partial charge in [-0.15, -0.1) is 11.3 Å². The average molecular weight is 289 g/mol. The molecule has 2 heterocycles. The second-order valence-corrected chi connectivity index (χ2v) is 6.04. The fraction of sp³-hybridized carbons (Fsp3) is 0.385. The molecule has 0 fully saturated rings. The molecule has 7 heteroatoms. The number of hydrogen-bond acceptors (Lipinski definition) is 6. The Labute approximate surface area is 120 Å². The van der Waals surface area contributed by atoms with E-state index in [9.17, 15) is 4.79 Å². The number of aromatic nitrogens is 3. The van der Waals surface area contributed by atoms with Crippen LogP contribution < -0.4 is 11.1 Å². The van der Waals surface area contributed by atoms with Crippen LogP contribution in [0.25, 0.3) is 0 Å². The van der Waals surface area contributed by atoms with E-state index >= 15 is 0 Å². The van der Waals surface area contributed by atoms with Gasteiger partial charge in [0.15, 0.2) is 5.13 Å². The van der Waals surface area contributed by atoms with E-state index in [1.54, 1.807) is 6.07 Å². The van der Waals surface area contributed by atoms with E-state index in [2.05, 4.69) is 20.5 Å². The summed E-state index contributed by atoms with van der Waals surface area (Å²) >= 11 is 1.51. The molecule has 1 atom stereocenters. The number of anilines is 1. The van der Waals surface area contributed by atoms with Gasteiger partial charge in [0.05, 0.1) is 23.1 Å². The minimum atomic E-state index is -0.103. The van der Waals surface area contributed by atoms with Crippen LogP contribution in [0, 0.1) is 6.92 Å². The highest BCUT2D eigenvalue weighted by molar-refractivity contribution is 7.15. The molecule has 104 valence electrons. The van der Waals surface area contributed by atoms with E-state index in [1.165, 1.54) is 22.4 Å². The summed E-state index contributed by atoms with van der Waals surface area (Å²) in [6, 6.07) is 1.87. The summed E-state index contributed by atoms with van der Waals surface area (Å²) in [5.74, 6) is -0.103. The number of carbonyl (C=O) groups is 1. The van der Waals surface area contributed by atoms with Gasteiger partial charge >= 0.3 is 0 Å². The van der Waals surface area contributed by atoms with Gasteiger partial charge in [0.2, 0.25) is 0 Å². The first-order chi connectivity index (χ1) is 9.61. The SMILES string of the molecule is Cc1cc(C(=O)N[C@H]2CCc3nc(N)sc3C2)cnn1. The number of nitrogens with zero attached hydrogens (tertiary/aromatic N) is 3. The van der Waals surface area contributed by atoms with Gasteiger partial charge in [0.25, 0.3) is 5.91 Å². The molecule has 0 unspecified atom stereocenters. The summed E-state index contributed by atoms with van der Waals surface area (Å²) in [5, 5.41) is 11.3. The first kappa shape index (κ1) is 13.0. The van der Waals surface area contributed by atoms with Crippen molar-refractivity contribution in [3.63, 3.8) is 0 Å². The molecule has 0 aliphatic heterocycles. The van der Waals surface area contributed by atoms with Gasteiger partial charge in [0.1, 0.15) is 0 Å². The van der Waals surface area contributed by atoms with Crippen LogP contribution in [0.5, 0.6) is 0 Å². The Kier molecular flexibility index (Phi) is 3.35. The lowest BCUT2D eigenvalue weighted by atomic mass is 9.97. The average Bonchev–Trinajstić information content (AvgIpc) is 2.78. The molecule has 3 N–H and O–H groups in total. The summed E-state index contributed by atoms with van der Waals surface area (Å²) in [6.07, 6.45) is 4.04. The minimum Gasteiger partial charge on any atom is -0.375 e. The molecule has 6 nitrogen and oxygen atoms in total. The lowest BCUT2D eigenvalue weighted by molar-refractivity contribution is 0.0933. The number of nitrogens with one attached hydrogen (secondary N) is 1. The third-order valence-corrected chi connectivity index (χ3v) is 4.28. The molecule has 20 heavy (non-hydrogen) atoms. The Morgan fingerprint density at radius 2 is 2.40 bits per heavy atom. The maximum absolute atomic E-state index is 12.2. The van der Waals surface area contributed by atoms with Crippen LogP contribution in [0.4, 0.5) is 5.13 Å². The Morgan fingerprint density at radius 3 is 3.20 bits per heavy atom. The minimum absolute atomic E-state index is 0.103. The number of rotatable bonds is 2. The number of fused-ring (bicyclic) bond motifs is 1. The molecule has 0 saturated carbocycles. The Bertz CT molecular complexity index is 654. The number of aryl methyl sites for hydroxylation is 2. The van der Waals surface area contributed by atoms with Crippen molar-refractivity contribution >= 4 is 22.4 Å². The molecule has 0 spiro atoms. The van der Waals surface area contributed by atoms with Crippen molar-refractivity contribution in [2.75, 3.05) is 5.73 Å². The van der Waals surface area contributed by atoms with Crippen LogP contribution >= 0.6 is 11.3 Å². The zero-order chi connectivity index (χ0) is 14.1. The maximum Gasteiger partial charge on any atom is 0.253 e. The van der Waals surface area contributed by atoms with Crippen molar-refractivity contribution < 1.29 is 4.79 Å². The fourth-order valence-corrected chi connectivity index (χ4v) is 3.34. The standard InChI is InChI=1S/C13H15N5OS/c1-7-4-8(6-15-18-7)12(19)16-9-2-3-10-11(5-9)20-13(14)17-10/h4,6,9H,2-3,5H2,1H3,(H2,14,17)(H,16,19)/t9-/m0/s1. The predicted octanol–water partition coefficient (Wildman–Crippen LogP) is 1.11. The van der Waals surface area contributed by atoms with Gasteiger partial charge in [-0.1, -0.05) is 0 Å². The number of amides is 1. The zero-order valence-electron chi connectivity index (χ0n) is 11.1. The Morgan fingerprint density at radius 1 is 1.55 bits per heavy atom. The molecule has 0 saturated heterocycles. The zero-order valence-corrected chi connectivity index (χ0v) is 11.9. The monoisotopic (exact) mass is 289 g/mol. The highest BCUT2D eigenvalue weighted by atomic mass is 32.1. The van der Waals surface area contributed by atoms with Crippen LogP contribution in [0.2, 0.25) is 0 Å². The largest absolute Gasteiger partial charge is 0.375 e. The fourth-order valence-electron chi connectivity index (χ4n) is 2.38. The van der Waals surface area contributed by atoms with Crippen molar-refractivity contribution in [1.82, 2.24) is 20.5 Å². The van der Waals surface area contributed by atoms with Gasteiger partial charge in [-0.2, -0.15) is 10.2 Å². The first-order valence-corrected chi connectivity index (χ1v) is 7.27. The number of carbonyl (C=O) groups excluding carboxylic acids is 1. The molecule has 0 bridgehead atoms.